The first-order valence-corrected chi connectivity index (χ1v) is 11.0. The standard InChI is InChI=1S/C26H21ClN4O3/c1-29-22-23(30(2)26(33)31(24(22)32)16-17-8-12-20(27)13-9-17)28-25(29)34-21-14-10-19(11-15-21)18-6-4-3-5-7-18/h3-15H,16H2,1-2H3. The molecule has 0 saturated heterocycles. The summed E-state index contributed by atoms with van der Waals surface area (Å²) in [5, 5.41) is 0.588. The lowest BCUT2D eigenvalue weighted by Gasteiger charge is -2.09. The van der Waals surface area contributed by atoms with E-state index in [0.29, 0.717) is 10.8 Å². The summed E-state index contributed by atoms with van der Waals surface area (Å²) >= 11 is 5.95. The van der Waals surface area contributed by atoms with Gasteiger partial charge >= 0.3 is 11.7 Å². The van der Waals surface area contributed by atoms with Gasteiger partial charge in [-0.2, -0.15) is 4.98 Å². The number of rotatable bonds is 5. The Labute approximate surface area is 200 Å². The number of aromatic nitrogens is 4. The molecule has 0 aliphatic carbocycles. The van der Waals surface area contributed by atoms with Crippen molar-refractivity contribution in [1.82, 2.24) is 18.7 Å². The molecule has 8 heteroatoms. The van der Waals surface area contributed by atoms with Gasteiger partial charge in [0.15, 0.2) is 11.2 Å². The van der Waals surface area contributed by atoms with E-state index in [2.05, 4.69) is 4.98 Å². The quantitative estimate of drug-likeness (QED) is 0.375. The summed E-state index contributed by atoms with van der Waals surface area (Å²) in [5.74, 6) is 0.574. The van der Waals surface area contributed by atoms with Gasteiger partial charge in [0, 0.05) is 19.1 Å². The van der Waals surface area contributed by atoms with Crippen LogP contribution >= 0.6 is 11.6 Å². The van der Waals surface area contributed by atoms with Crippen LogP contribution in [0, 0.1) is 0 Å². The second-order valence-corrected chi connectivity index (χ2v) is 8.41. The maximum Gasteiger partial charge on any atom is 0.332 e. The second-order valence-electron chi connectivity index (χ2n) is 7.98. The van der Waals surface area contributed by atoms with Crippen molar-refractivity contribution in [2.24, 2.45) is 14.1 Å². The SMILES string of the molecule is Cn1c(Oc2ccc(-c3ccccc3)cc2)nc2c1c(=O)n(Cc1ccc(Cl)cc1)c(=O)n2C. The fourth-order valence-electron chi connectivity index (χ4n) is 3.88. The molecular formula is C26H21ClN4O3. The Bertz CT molecular complexity index is 1600. The number of ether oxygens (including phenoxy) is 1. The minimum Gasteiger partial charge on any atom is -0.425 e. The van der Waals surface area contributed by atoms with Gasteiger partial charge in [-0.15, -0.1) is 0 Å². The second kappa shape index (κ2) is 8.68. The average Bonchev–Trinajstić information content (AvgIpc) is 3.18. The maximum atomic E-state index is 13.3. The van der Waals surface area contributed by atoms with Gasteiger partial charge in [-0.3, -0.25) is 18.5 Å². The van der Waals surface area contributed by atoms with Crippen molar-refractivity contribution in [3.8, 4) is 22.9 Å². The summed E-state index contributed by atoms with van der Waals surface area (Å²) in [5.41, 5.74) is 2.62. The third-order valence-electron chi connectivity index (χ3n) is 5.74. The van der Waals surface area contributed by atoms with Gasteiger partial charge in [-0.25, -0.2) is 4.79 Å². The van der Waals surface area contributed by atoms with Crippen molar-refractivity contribution in [1.29, 1.82) is 0 Å². The fraction of sp³-hybridized carbons (Fsp3) is 0.115. The van der Waals surface area contributed by atoms with Crippen LogP contribution in [0.1, 0.15) is 5.56 Å². The van der Waals surface area contributed by atoms with Gasteiger partial charge in [0.25, 0.3) is 5.56 Å². The predicted octanol–water partition coefficient (Wildman–Crippen LogP) is 4.59. The molecule has 0 unspecified atom stereocenters. The van der Waals surface area contributed by atoms with Crippen LogP contribution in [0.15, 0.2) is 88.5 Å². The van der Waals surface area contributed by atoms with E-state index in [1.54, 1.807) is 42.9 Å². The molecule has 0 saturated carbocycles. The van der Waals surface area contributed by atoms with Crippen molar-refractivity contribution >= 4 is 22.8 Å². The summed E-state index contributed by atoms with van der Waals surface area (Å²) < 4.78 is 10.1. The largest absolute Gasteiger partial charge is 0.425 e. The number of halogens is 1. The Morgan fingerprint density at radius 1 is 0.824 bits per heavy atom. The van der Waals surface area contributed by atoms with Crippen LogP contribution in [-0.2, 0) is 20.6 Å². The van der Waals surface area contributed by atoms with Crippen LogP contribution in [0.5, 0.6) is 11.8 Å². The van der Waals surface area contributed by atoms with Crippen LogP contribution in [0.2, 0.25) is 5.02 Å². The van der Waals surface area contributed by atoms with Crippen molar-refractivity contribution in [3.05, 3.63) is 110 Å². The van der Waals surface area contributed by atoms with E-state index in [0.717, 1.165) is 16.7 Å². The van der Waals surface area contributed by atoms with Gasteiger partial charge in [-0.05, 0) is 41.0 Å². The molecule has 0 aliphatic heterocycles. The fourth-order valence-corrected chi connectivity index (χ4v) is 4.00. The van der Waals surface area contributed by atoms with E-state index in [1.165, 1.54) is 9.13 Å². The third kappa shape index (κ3) is 3.91. The zero-order chi connectivity index (χ0) is 23.8. The Balaban J connectivity index is 1.51. The normalized spacial score (nSPS) is 11.1. The zero-order valence-corrected chi connectivity index (χ0v) is 19.4. The molecule has 5 aromatic rings. The highest BCUT2D eigenvalue weighted by Crippen LogP contribution is 2.26. The van der Waals surface area contributed by atoms with E-state index < -0.39 is 11.2 Å². The molecule has 7 nitrogen and oxygen atoms in total. The summed E-state index contributed by atoms with van der Waals surface area (Å²) in [6, 6.07) is 24.9. The number of imidazole rings is 1. The van der Waals surface area contributed by atoms with Crippen molar-refractivity contribution < 1.29 is 4.74 Å². The molecule has 3 aromatic carbocycles. The molecule has 2 aromatic heterocycles. The number of aryl methyl sites for hydroxylation is 2. The topological polar surface area (TPSA) is 71.1 Å². The molecule has 0 fully saturated rings. The lowest BCUT2D eigenvalue weighted by Crippen LogP contribution is -2.39. The van der Waals surface area contributed by atoms with Crippen LogP contribution in [0.25, 0.3) is 22.3 Å². The Kier molecular flexibility index (Phi) is 5.55. The van der Waals surface area contributed by atoms with Gasteiger partial charge in [0.2, 0.25) is 0 Å². The van der Waals surface area contributed by atoms with E-state index in [-0.39, 0.29) is 23.7 Å². The number of fused-ring (bicyclic) bond motifs is 1. The summed E-state index contributed by atoms with van der Waals surface area (Å²) in [7, 11) is 3.29. The van der Waals surface area contributed by atoms with Gasteiger partial charge in [0.1, 0.15) is 5.75 Å². The molecule has 0 spiro atoms. The van der Waals surface area contributed by atoms with Crippen molar-refractivity contribution in [2.45, 2.75) is 6.54 Å². The highest BCUT2D eigenvalue weighted by atomic mass is 35.5. The smallest absolute Gasteiger partial charge is 0.332 e. The van der Waals surface area contributed by atoms with Crippen LogP contribution < -0.4 is 16.0 Å². The molecule has 0 atom stereocenters. The Morgan fingerprint density at radius 2 is 1.47 bits per heavy atom. The van der Waals surface area contributed by atoms with Gasteiger partial charge in [0.05, 0.1) is 6.54 Å². The Hall–Kier alpha value is -4.10. The van der Waals surface area contributed by atoms with E-state index in [4.69, 9.17) is 16.3 Å². The monoisotopic (exact) mass is 472 g/mol. The predicted molar refractivity (Wildman–Crippen MR) is 133 cm³/mol. The van der Waals surface area contributed by atoms with Crippen LogP contribution in [-0.4, -0.2) is 18.7 Å². The van der Waals surface area contributed by atoms with Crippen LogP contribution in [0.4, 0.5) is 0 Å². The highest BCUT2D eigenvalue weighted by molar-refractivity contribution is 6.30. The maximum absolute atomic E-state index is 13.3. The van der Waals surface area contributed by atoms with Crippen molar-refractivity contribution in [2.75, 3.05) is 0 Å². The first kappa shape index (κ1) is 21.7. The third-order valence-corrected chi connectivity index (χ3v) is 6.00. The number of benzene rings is 3. The van der Waals surface area contributed by atoms with E-state index in [1.807, 2.05) is 54.6 Å². The molecule has 5 rings (SSSR count). The van der Waals surface area contributed by atoms with Gasteiger partial charge < -0.3 is 4.74 Å². The molecular weight excluding hydrogens is 452 g/mol. The van der Waals surface area contributed by atoms with E-state index >= 15 is 0 Å². The first-order chi connectivity index (χ1) is 16.4. The highest BCUT2D eigenvalue weighted by Gasteiger charge is 2.20. The number of hydrogen-bond donors (Lipinski definition) is 0. The summed E-state index contributed by atoms with van der Waals surface area (Å²) in [4.78, 5) is 30.6. The zero-order valence-electron chi connectivity index (χ0n) is 18.6. The molecule has 0 aliphatic rings. The van der Waals surface area contributed by atoms with Crippen molar-refractivity contribution in [3.63, 3.8) is 0 Å². The summed E-state index contributed by atoms with van der Waals surface area (Å²) in [6.45, 7) is 0.126. The van der Waals surface area contributed by atoms with Crippen LogP contribution in [0.3, 0.4) is 0 Å². The Morgan fingerprint density at radius 3 is 2.15 bits per heavy atom. The minimum atomic E-state index is -0.454. The first-order valence-electron chi connectivity index (χ1n) is 10.7. The average molecular weight is 473 g/mol. The number of hydrogen-bond acceptors (Lipinski definition) is 4. The number of nitrogens with zero attached hydrogens (tertiary/aromatic N) is 4. The summed E-state index contributed by atoms with van der Waals surface area (Å²) in [6.07, 6.45) is 0. The van der Waals surface area contributed by atoms with Gasteiger partial charge in [-0.1, -0.05) is 66.2 Å². The van der Waals surface area contributed by atoms with E-state index in [9.17, 15) is 9.59 Å². The molecule has 2 heterocycles. The minimum absolute atomic E-state index is 0.126. The molecule has 0 radical (unpaired) electrons. The molecule has 0 bridgehead atoms. The molecule has 170 valence electrons. The lowest BCUT2D eigenvalue weighted by molar-refractivity contribution is 0.427. The molecule has 0 N–H and O–H groups in total. The molecule has 34 heavy (non-hydrogen) atoms. The molecule has 0 amide bonds. The lowest BCUT2D eigenvalue weighted by atomic mass is 10.1.